The van der Waals surface area contributed by atoms with Crippen LogP contribution in [0.25, 0.3) is 11.0 Å². The molecule has 0 saturated heterocycles. The Morgan fingerprint density at radius 2 is 1.76 bits per heavy atom. The minimum Gasteiger partial charge on any atom is -0.486 e. The van der Waals surface area contributed by atoms with Crippen LogP contribution in [-0.2, 0) is 0 Å². The van der Waals surface area contributed by atoms with E-state index >= 15 is 0 Å². The fourth-order valence-electron chi connectivity index (χ4n) is 2.67. The van der Waals surface area contributed by atoms with Gasteiger partial charge in [-0.15, -0.1) is 0 Å². The number of rotatable bonds is 2. The Morgan fingerprint density at radius 1 is 0.952 bits per heavy atom. The molecular weight excluding hydrogens is 266 g/mol. The van der Waals surface area contributed by atoms with Gasteiger partial charge in [-0.1, -0.05) is 24.3 Å². The Bertz CT molecular complexity index is 794. The summed E-state index contributed by atoms with van der Waals surface area (Å²) in [6, 6.07) is 13.5. The van der Waals surface area contributed by atoms with Gasteiger partial charge >= 0.3 is 0 Å². The largest absolute Gasteiger partial charge is 0.486 e. The first-order chi connectivity index (χ1) is 10.3. The molecule has 0 bridgehead atoms. The highest BCUT2D eigenvalue weighted by Gasteiger charge is 2.18. The van der Waals surface area contributed by atoms with Crippen LogP contribution in [0.15, 0.2) is 53.1 Å². The molecule has 1 aromatic heterocycles. The van der Waals surface area contributed by atoms with E-state index in [2.05, 4.69) is 0 Å². The predicted molar refractivity (Wildman–Crippen MR) is 79.7 cm³/mol. The number of ether oxygens (including phenoxy) is 2. The maximum absolute atomic E-state index is 6.40. The number of benzene rings is 2. The molecule has 2 heterocycles. The van der Waals surface area contributed by atoms with E-state index in [-0.39, 0.29) is 6.04 Å². The Morgan fingerprint density at radius 3 is 2.67 bits per heavy atom. The SMILES string of the molecule is NC(c1ccc2c(c1)OCCO2)c1coc2ccccc12. The Hall–Kier alpha value is -2.46. The molecule has 1 unspecified atom stereocenters. The maximum atomic E-state index is 6.40. The molecule has 2 aromatic carbocycles. The summed E-state index contributed by atoms with van der Waals surface area (Å²) in [6.07, 6.45) is 1.73. The number of hydrogen-bond donors (Lipinski definition) is 1. The topological polar surface area (TPSA) is 57.6 Å². The van der Waals surface area contributed by atoms with Crippen LogP contribution in [0.4, 0.5) is 0 Å². The van der Waals surface area contributed by atoms with Crippen molar-refractivity contribution >= 4 is 11.0 Å². The number of furan rings is 1. The molecule has 4 nitrogen and oxygen atoms in total. The van der Waals surface area contributed by atoms with Crippen molar-refractivity contribution in [1.82, 2.24) is 0 Å². The van der Waals surface area contributed by atoms with E-state index in [0.717, 1.165) is 33.6 Å². The third-order valence-electron chi connectivity index (χ3n) is 3.77. The summed E-state index contributed by atoms with van der Waals surface area (Å²) in [7, 11) is 0. The van der Waals surface area contributed by atoms with Gasteiger partial charge in [0, 0.05) is 10.9 Å². The molecule has 0 saturated carbocycles. The standard InChI is InChI=1S/C17H15NO3/c18-17(13-10-21-14-4-2-1-3-12(13)14)11-5-6-15-16(9-11)20-8-7-19-15/h1-6,9-10,17H,7-8,18H2. The molecule has 21 heavy (non-hydrogen) atoms. The molecule has 1 atom stereocenters. The second-order valence-electron chi connectivity index (χ2n) is 5.07. The predicted octanol–water partition coefficient (Wildman–Crippen LogP) is 3.25. The molecule has 0 fully saturated rings. The molecule has 4 rings (SSSR count). The smallest absolute Gasteiger partial charge is 0.161 e. The third kappa shape index (κ3) is 2.04. The van der Waals surface area contributed by atoms with Crippen molar-refractivity contribution in [3.63, 3.8) is 0 Å². The Balaban J connectivity index is 1.75. The minimum atomic E-state index is -0.260. The number of nitrogens with two attached hydrogens (primary N) is 1. The summed E-state index contributed by atoms with van der Waals surface area (Å²) >= 11 is 0. The zero-order chi connectivity index (χ0) is 14.2. The second-order valence-corrected chi connectivity index (χ2v) is 5.07. The average Bonchev–Trinajstić information content (AvgIpc) is 2.98. The lowest BCUT2D eigenvalue weighted by molar-refractivity contribution is 0.171. The van der Waals surface area contributed by atoms with Crippen molar-refractivity contribution in [2.45, 2.75) is 6.04 Å². The third-order valence-corrected chi connectivity index (χ3v) is 3.77. The van der Waals surface area contributed by atoms with Crippen LogP contribution in [-0.4, -0.2) is 13.2 Å². The van der Waals surface area contributed by atoms with Crippen molar-refractivity contribution in [3.05, 3.63) is 59.9 Å². The zero-order valence-corrected chi connectivity index (χ0v) is 11.4. The van der Waals surface area contributed by atoms with Gasteiger partial charge in [-0.05, 0) is 23.8 Å². The monoisotopic (exact) mass is 281 g/mol. The average molecular weight is 281 g/mol. The molecule has 0 amide bonds. The molecule has 4 heteroatoms. The molecule has 2 N–H and O–H groups in total. The van der Waals surface area contributed by atoms with Gasteiger partial charge < -0.3 is 19.6 Å². The van der Waals surface area contributed by atoms with Crippen LogP contribution in [0.3, 0.4) is 0 Å². The number of fused-ring (bicyclic) bond motifs is 2. The molecule has 1 aliphatic rings. The van der Waals surface area contributed by atoms with Crippen molar-refractivity contribution in [2.75, 3.05) is 13.2 Å². The summed E-state index contributed by atoms with van der Waals surface area (Å²) in [5.74, 6) is 1.52. The van der Waals surface area contributed by atoms with Gasteiger partial charge in [0.1, 0.15) is 18.8 Å². The fourth-order valence-corrected chi connectivity index (χ4v) is 2.67. The van der Waals surface area contributed by atoms with Crippen molar-refractivity contribution in [3.8, 4) is 11.5 Å². The van der Waals surface area contributed by atoms with E-state index < -0.39 is 0 Å². The van der Waals surface area contributed by atoms with E-state index in [4.69, 9.17) is 19.6 Å². The van der Waals surface area contributed by atoms with Crippen LogP contribution in [0.2, 0.25) is 0 Å². The maximum Gasteiger partial charge on any atom is 0.161 e. The van der Waals surface area contributed by atoms with E-state index in [1.54, 1.807) is 6.26 Å². The van der Waals surface area contributed by atoms with Crippen LogP contribution in [0, 0.1) is 0 Å². The summed E-state index contributed by atoms with van der Waals surface area (Å²) in [6.45, 7) is 1.16. The molecule has 106 valence electrons. The second kappa shape index (κ2) is 4.82. The lowest BCUT2D eigenvalue weighted by Crippen LogP contribution is -2.17. The summed E-state index contributed by atoms with van der Waals surface area (Å²) in [5, 5.41) is 1.04. The van der Waals surface area contributed by atoms with Gasteiger partial charge in [-0.3, -0.25) is 0 Å². The van der Waals surface area contributed by atoms with E-state index in [1.165, 1.54) is 0 Å². The molecule has 0 aliphatic carbocycles. The normalized spacial score (nSPS) is 15.1. The first-order valence-corrected chi connectivity index (χ1v) is 6.94. The van der Waals surface area contributed by atoms with E-state index in [1.807, 2.05) is 42.5 Å². The molecular formula is C17H15NO3. The minimum absolute atomic E-state index is 0.260. The highest BCUT2D eigenvalue weighted by molar-refractivity contribution is 5.81. The first kappa shape index (κ1) is 12.3. The number of hydrogen-bond acceptors (Lipinski definition) is 4. The van der Waals surface area contributed by atoms with Crippen molar-refractivity contribution in [1.29, 1.82) is 0 Å². The highest BCUT2D eigenvalue weighted by atomic mass is 16.6. The van der Waals surface area contributed by atoms with Crippen LogP contribution >= 0.6 is 0 Å². The van der Waals surface area contributed by atoms with E-state index in [9.17, 15) is 0 Å². The Labute approximate surface area is 122 Å². The van der Waals surface area contributed by atoms with Crippen LogP contribution in [0.1, 0.15) is 17.2 Å². The lowest BCUT2D eigenvalue weighted by Gasteiger charge is -2.20. The molecule has 0 radical (unpaired) electrons. The molecule has 0 spiro atoms. The van der Waals surface area contributed by atoms with Crippen LogP contribution in [0.5, 0.6) is 11.5 Å². The molecule has 1 aliphatic heterocycles. The fraction of sp³-hybridized carbons (Fsp3) is 0.176. The quantitative estimate of drug-likeness (QED) is 0.783. The van der Waals surface area contributed by atoms with Gasteiger partial charge in [-0.2, -0.15) is 0 Å². The highest BCUT2D eigenvalue weighted by Crippen LogP contribution is 2.35. The lowest BCUT2D eigenvalue weighted by atomic mass is 9.98. The first-order valence-electron chi connectivity index (χ1n) is 6.94. The van der Waals surface area contributed by atoms with Crippen molar-refractivity contribution in [2.24, 2.45) is 5.73 Å². The van der Waals surface area contributed by atoms with Crippen molar-refractivity contribution < 1.29 is 13.9 Å². The van der Waals surface area contributed by atoms with E-state index in [0.29, 0.717) is 13.2 Å². The van der Waals surface area contributed by atoms with Gasteiger partial charge in [0.15, 0.2) is 11.5 Å². The Kier molecular flexibility index (Phi) is 2.82. The van der Waals surface area contributed by atoms with Gasteiger partial charge in [0.05, 0.1) is 12.3 Å². The van der Waals surface area contributed by atoms with Gasteiger partial charge in [-0.25, -0.2) is 0 Å². The van der Waals surface area contributed by atoms with Crippen LogP contribution < -0.4 is 15.2 Å². The number of para-hydroxylation sites is 1. The van der Waals surface area contributed by atoms with Gasteiger partial charge in [0.2, 0.25) is 0 Å². The summed E-state index contributed by atoms with van der Waals surface area (Å²) in [4.78, 5) is 0. The van der Waals surface area contributed by atoms with Gasteiger partial charge in [0.25, 0.3) is 0 Å². The molecule has 3 aromatic rings. The summed E-state index contributed by atoms with van der Waals surface area (Å²) < 4.78 is 16.7. The zero-order valence-electron chi connectivity index (χ0n) is 11.4. The summed E-state index contributed by atoms with van der Waals surface area (Å²) in [5.41, 5.74) is 9.20.